The first kappa shape index (κ1) is 16.9. The van der Waals surface area contributed by atoms with E-state index in [0.29, 0.717) is 12.5 Å². The van der Waals surface area contributed by atoms with E-state index in [1.165, 1.54) is 10.4 Å². The SMILES string of the molecule is CCC1c2ccsc2CCN1C(=O)CN(C)CC1CCCC1O. The minimum atomic E-state index is -0.181. The van der Waals surface area contributed by atoms with Crippen LogP contribution >= 0.6 is 11.3 Å². The van der Waals surface area contributed by atoms with Crippen molar-refractivity contribution in [3.63, 3.8) is 0 Å². The molecule has 0 bridgehead atoms. The van der Waals surface area contributed by atoms with Gasteiger partial charge in [-0.15, -0.1) is 11.3 Å². The average molecular weight is 337 g/mol. The number of likely N-dealkylation sites (N-methyl/N-ethyl adjacent to an activating group) is 1. The van der Waals surface area contributed by atoms with Crippen molar-refractivity contribution in [3.05, 3.63) is 21.9 Å². The van der Waals surface area contributed by atoms with Crippen LogP contribution in [-0.2, 0) is 11.2 Å². The minimum absolute atomic E-state index is 0.181. The van der Waals surface area contributed by atoms with Gasteiger partial charge in [0.25, 0.3) is 0 Å². The average Bonchev–Trinajstić information content (AvgIpc) is 3.15. The number of carbonyl (C=O) groups is 1. The summed E-state index contributed by atoms with van der Waals surface area (Å²) in [7, 11) is 2.00. The van der Waals surface area contributed by atoms with Crippen LogP contribution in [0.15, 0.2) is 11.4 Å². The summed E-state index contributed by atoms with van der Waals surface area (Å²) < 4.78 is 0. The van der Waals surface area contributed by atoms with E-state index in [1.54, 1.807) is 0 Å². The number of rotatable bonds is 5. The van der Waals surface area contributed by atoms with Crippen LogP contribution in [0.3, 0.4) is 0 Å². The zero-order chi connectivity index (χ0) is 16.4. The molecule has 1 N–H and O–H groups in total. The zero-order valence-electron chi connectivity index (χ0n) is 14.2. The Balaban J connectivity index is 1.59. The number of aliphatic hydroxyl groups is 1. The van der Waals surface area contributed by atoms with E-state index < -0.39 is 0 Å². The van der Waals surface area contributed by atoms with Crippen molar-refractivity contribution in [2.24, 2.45) is 5.92 Å². The molecule has 4 nitrogen and oxygen atoms in total. The molecular formula is C18H28N2O2S. The second-order valence-corrected chi connectivity index (χ2v) is 8.02. The van der Waals surface area contributed by atoms with Crippen molar-refractivity contribution in [1.29, 1.82) is 0 Å². The van der Waals surface area contributed by atoms with E-state index in [0.717, 1.165) is 45.2 Å². The third-order valence-corrected chi connectivity index (χ3v) is 6.37. The highest BCUT2D eigenvalue weighted by Crippen LogP contribution is 2.35. The van der Waals surface area contributed by atoms with Gasteiger partial charge in [0, 0.05) is 18.0 Å². The maximum atomic E-state index is 12.8. The highest BCUT2D eigenvalue weighted by molar-refractivity contribution is 7.10. The van der Waals surface area contributed by atoms with Gasteiger partial charge in [0.05, 0.1) is 18.7 Å². The molecule has 128 valence electrons. The van der Waals surface area contributed by atoms with Crippen LogP contribution < -0.4 is 0 Å². The fourth-order valence-electron chi connectivity index (χ4n) is 4.15. The van der Waals surface area contributed by atoms with Crippen LogP contribution in [0.4, 0.5) is 0 Å². The Morgan fingerprint density at radius 3 is 3.00 bits per heavy atom. The Morgan fingerprint density at radius 1 is 1.48 bits per heavy atom. The summed E-state index contributed by atoms with van der Waals surface area (Å²) in [5.41, 5.74) is 1.35. The number of aliphatic hydroxyl groups excluding tert-OH is 1. The number of hydrogen-bond donors (Lipinski definition) is 1. The number of nitrogens with zero attached hydrogens (tertiary/aromatic N) is 2. The maximum absolute atomic E-state index is 12.8. The molecule has 2 heterocycles. The van der Waals surface area contributed by atoms with Gasteiger partial charge in [0.2, 0.25) is 5.91 Å². The lowest BCUT2D eigenvalue weighted by atomic mass is 9.97. The summed E-state index contributed by atoms with van der Waals surface area (Å²) in [6.07, 6.45) is 4.88. The summed E-state index contributed by atoms with van der Waals surface area (Å²) in [6, 6.07) is 2.43. The van der Waals surface area contributed by atoms with Gasteiger partial charge in [-0.2, -0.15) is 0 Å². The van der Waals surface area contributed by atoms with Crippen LogP contribution in [0, 0.1) is 5.92 Å². The van der Waals surface area contributed by atoms with Gasteiger partial charge in [-0.3, -0.25) is 9.69 Å². The molecule has 1 aliphatic heterocycles. The molecule has 0 spiro atoms. The predicted octanol–water partition coefficient (Wildman–Crippen LogP) is 2.68. The van der Waals surface area contributed by atoms with Gasteiger partial charge in [-0.1, -0.05) is 13.3 Å². The normalized spacial score (nSPS) is 27.5. The molecule has 3 unspecified atom stereocenters. The van der Waals surface area contributed by atoms with Crippen LogP contribution in [0.5, 0.6) is 0 Å². The van der Waals surface area contributed by atoms with E-state index in [9.17, 15) is 9.90 Å². The lowest BCUT2D eigenvalue weighted by molar-refractivity contribution is -0.135. The standard InChI is InChI=1S/C18H28N2O2S/c1-3-15-14-8-10-23-17(14)7-9-20(15)18(22)12-19(2)11-13-5-4-6-16(13)21/h8,10,13,15-16,21H,3-7,9,11-12H2,1-2H3. The second-order valence-electron chi connectivity index (χ2n) is 7.02. The summed E-state index contributed by atoms with van der Waals surface area (Å²) in [5, 5.41) is 12.1. The van der Waals surface area contributed by atoms with Crippen LogP contribution in [-0.4, -0.2) is 53.6 Å². The first-order valence-electron chi connectivity index (χ1n) is 8.82. The summed E-state index contributed by atoms with van der Waals surface area (Å²) >= 11 is 1.82. The lowest BCUT2D eigenvalue weighted by Crippen LogP contribution is -2.45. The summed E-state index contributed by atoms with van der Waals surface area (Å²) in [5.74, 6) is 0.559. The quantitative estimate of drug-likeness (QED) is 0.899. The smallest absolute Gasteiger partial charge is 0.237 e. The Labute approximate surface area is 143 Å². The molecule has 3 rings (SSSR count). The molecule has 1 aromatic heterocycles. The first-order valence-corrected chi connectivity index (χ1v) is 9.70. The molecule has 1 amide bonds. The Morgan fingerprint density at radius 2 is 2.30 bits per heavy atom. The van der Waals surface area contributed by atoms with Gasteiger partial charge in [0.1, 0.15) is 0 Å². The molecule has 5 heteroatoms. The molecule has 1 aromatic rings. The maximum Gasteiger partial charge on any atom is 0.237 e. The number of hydrogen-bond acceptors (Lipinski definition) is 4. The van der Waals surface area contributed by atoms with Crippen molar-refractivity contribution in [3.8, 4) is 0 Å². The number of amides is 1. The minimum Gasteiger partial charge on any atom is -0.393 e. The van der Waals surface area contributed by atoms with E-state index >= 15 is 0 Å². The lowest BCUT2D eigenvalue weighted by Gasteiger charge is -2.36. The highest BCUT2D eigenvalue weighted by Gasteiger charge is 2.31. The Kier molecular flexibility index (Phi) is 5.39. The van der Waals surface area contributed by atoms with E-state index in [2.05, 4.69) is 28.2 Å². The van der Waals surface area contributed by atoms with Crippen molar-refractivity contribution < 1.29 is 9.90 Å². The predicted molar refractivity (Wildman–Crippen MR) is 93.6 cm³/mol. The van der Waals surface area contributed by atoms with Gasteiger partial charge < -0.3 is 10.0 Å². The van der Waals surface area contributed by atoms with E-state index in [-0.39, 0.29) is 18.1 Å². The number of thiophene rings is 1. The molecule has 2 aliphatic rings. The monoisotopic (exact) mass is 336 g/mol. The Hall–Kier alpha value is -0.910. The van der Waals surface area contributed by atoms with Gasteiger partial charge >= 0.3 is 0 Å². The van der Waals surface area contributed by atoms with Gasteiger partial charge in [-0.05, 0) is 55.7 Å². The van der Waals surface area contributed by atoms with Crippen LogP contribution in [0.25, 0.3) is 0 Å². The third kappa shape index (κ3) is 3.62. The third-order valence-electron chi connectivity index (χ3n) is 5.37. The molecule has 0 radical (unpaired) electrons. The largest absolute Gasteiger partial charge is 0.393 e. The molecule has 0 aromatic carbocycles. The van der Waals surface area contributed by atoms with Crippen molar-refractivity contribution in [1.82, 2.24) is 9.80 Å². The summed E-state index contributed by atoms with van der Waals surface area (Å²) in [6.45, 7) is 4.28. The van der Waals surface area contributed by atoms with E-state index in [4.69, 9.17) is 0 Å². The fourth-order valence-corrected chi connectivity index (χ4v) is 5.08. The number of fused-ring (bicyclic) bond motifs is 1. The fraction of sp³-hybridized carbons (Fsp3) is 0.722. The molecule has 3 atom stereocenters. The van der Waals surface area contributed by atoms with E-state index in [1.807, 2.05) is 18.4 Å². The molecular weight excluding hydrogens is 308 g/mol. The summed E-state index contributed by atoms with van der Waals surface area (Å²) in [4.78, 5) is 18.4. The highest BCUT2D eigenvalue weighted by atomic mass is 32.1. The molecule has 1 aliphatic carbocycles. The van der Waals surface area contributed by atoms with Crippen LogP contribution in [0.1, 0.15) is 49.1 Å². The molecule has 1 saturated carbocycles. The zero-order valence-corrected chi connectivity index (χ0v) is 15.0. The molecule has 0 saturated heterocycles. The van der Waals surface area contributed by atoms with Crippen molar-refractivity contribution in [2.45, 2.75) is 51.2 Å². The topological polar surface area (TPSA) is 43.8 Å². The molecule has 1 fully saturated rings. The van der Waals surface area contributed by atoms with Crippen LogP contribution in [0.2, 0.25) is 0 Å². The van der Waals surface area contributed by atoms with Crippen molar-refractivity contribution >= 4 is 17.2 Å². The second kappa shape index (κ2) is 7.32. The first-order chi connectivity index (χ1) is 11.1. The number of carbonyl (C=O) groups excluding carboxylic acids is 1. The molecule has 23 heavy (non-hydrogen) atoms. The van der Waals surface area contributed by atoms with Gasteiger partial charge in [0.15, 0.2) is 0 Å². The van der Waals surface area contributed by atoms with Gasteiger partial charge in [-0.25, -0.2) is 0 Å². The Bertz CT molecular complexity index is 545. The van der Waals surface area contributed by atoms with Crippen molar-refractivity contribution in [2.75, 3.05) is 26.7 Å².